The molecule has 4 rings (SSSR count). The fraction of sp³-hybridized carbons (Fsp3) is 0.391. The summed E-state index contributed by atoms with van der Waals surface area (Å²) in [7, 11) is 0. The maximum absolute atomic E-state index is 12.3. The standard InChI is InChI=1S/C23H28N4O2/c28-22-12-18(16-27(22)15-17-6-2-1-3-7-17)13-25-23(29)26-14-21-20-9-5-4-8-19(20)10-11-24-21/h1-9,18,21,24H,10-16H2,(H2,25,26,29). The van der Waals surface area contributed by atoms with E-state index in [1.807, 2.05) is 41.3 Å². The van der Waals surface area contributed by atoms with Gasteiger partial charge in [0.25, 0.3) is 0 Å². The summed E-state index contributed by atoms with van der Waals surface area (Å²) in [5, 5.41) is 9.37. The van der Waals surface area contributed by atoms with Crippen LogP contribution >= 0.6 is 0 Å². The van der Waals surface area contributed by atoms with Crippen LogP contribution < -0.4 is 16.0 Å². The normalized spacial score (nSPS) is 21.0. The Morgan fingerprint density at radius 1 is 1.03 bits per heavy atom. The van der Waals surface area contributed by atoms with Crippen LogP contribution in [-0.4, -0.2) is 43.0 Å². The van der Waals surface area contributed by atoms with Crippen molar-refractivity contribution in [3.05, 3.63) is 71.3 Å². The topological polar surface area (TPSA) is 73.5 Å². The van der Waals surface area contributed by atoms with Crippen molar-refractivity contribution in [3.8, 4) is 0 Å². The average molecular weight is 393 g/mol. The molecule has 0 bridgehead atoms. The summed E-state index contributed by atoms with van der Waals surface area (Å²) < 4.78 is 0. The second-order valence-electron chi connectivity index (χ2n) is 7.88. The first-order chi connectivity index (χ1) is 14.2. The number of hydrogen-bond acceptors (Lipinski definition) is 3. The van der Waals surface area contributed by atoms with Gasteiger partial charge in [-0.15, -0.1) is 0 Å². The highest BCUT2D eigenvalue weighted by Crippen LogP contribution is 2.22. The molecule has 0 radical (unpaired) electrons. The van der Waals surface area contributed by atoms with Crippen molar-refractivity contribution in [2.24, 2.45) is 5.92 Å². The summed E-state index contributed by atoms with van der Waals surface area (Å²) in [6, 6.07) is 18.3. The predicted octanol–water partition coefficient (Wildman–Crippen LogP) is 2.22. The first-order valence-corrected chi connectivity index (χ1v) is 10.3. The molecule has 0 aliphatic carbocycles. The van der Waals surface area contributed by atoms with Crippen LogP contribution in [0.2, 0.25) is 0 Å². The van der Waals surface area contributed by atoms with Gasteiger partial charge in [0, 0.05) is 44.6 Å². The fourth-order valence-corrected chi connectivity index (χ4v) is 4.22. The smallest absolute Gasteiger partial charge is 0.314 e. The Kier molecular flexibility index (Phi) is 6.10. The van der Waals surface area contributed by atoms with Crippen molar-refractivity contribution in [3.63, 3.8) is 0 Å². The van der Waals surface area contributed by atoms with Gasteiger partial charge < -0.3 is 20.9 Å². The Morgan fingerprint density at radius 2 is 1.79 bits per heavy atom. The fourth-order valence-electron chi connectivity index (χ4n) is 4.22. The molecule has 6 heteroatoms. The second-order valence-corrected chi connectivity index (χ2v) is 7.88. The van der Waals surface area contributed by atoms with E-state index in [4.69, 9.17) is 0 Å². The molecule has 0 aromatic heterocycles. The van der Waals surface area contributed by atoms with Gasteiger partial charge in [-0.05, 0) is 29.7 Å². The first kappa shape index (κ1) is 19.5. The minimum Gasteiger partial charge on any atom is -0.338 e. The quantitative estimate of drug-likeness (QED) is 0.706. The number of carbonyl (C=O) groups is 2. The van der Waals surface area contributed by atoms with Crippen LogP contribution in [0, 0.1) is 5.92 Å². The van der Waals surface area contributed by atoms with Gasteiger partial charge in [-0.1, -0.05) is 54.6 Å². The van der Waals surface area contributed by atoms with Crippen LogP contribution in [-0.2, 0) is 17.8 Å². The third-order valence-corrected chi connectivity index (χ3v) is 5.74. The molecule has 2 atom stereocenters. The molecular weight excluding hydrogens is 364 g/mol. The van der Waals surface area contributed by atoms with Gasteiger partial charge in [-0.2, -0.15) is 0 Å². The predicted molar refractivity (Wildman–Crippen MR) is 112 cm³/mol. The Morgan fingerprint density at radius 3 is 2.66 bits per heavy atom. The molecular formula is C23H28N4O2. The number of likely N-dealkylation sites (tertiary alicyclic amines) is 1. The van der Waals surface area contributed by atoms with Crippen LogP contribution in [0.25, 0.3) is 0 Å². The number of benzene rings is 2. The van der Waals surface area contributed by atoms with Crippen LogP contribution in [0.1, 0.15) is 29.2 Å². The van der Waals surface area contributed by atoms with Crippen molar-refractivity contribution in [1.82, 2.24) is 20.9 Å². The highest BCUT2D eigenvalue weighted by Gasteiger charge is 2.29. The summed E-state index contributed by atoms with van der Waals surface area (Å²) in [4.78, 5) is 26.4. The van der Waals surface area contributed by atoms with Gasteiger partial charge in [-0.3, -0.25) is 4.79 Å². The van der Waals surface area contributed by atoms with Crippen molar-refractivity contribution >= 4 is 11.9 Å². The highest BCUT2D eigenvalue weighted by atomic mass is 16.2. The molecule has 3 N–H and O–H groups in total. The van der Waals surface area contributed by atoms with E-state index in [2.05, 4.69) is 34.1 Å². The van der Waals surface area contributed by atoms with E-state index in [1.165, 1.54) is 11.1 Å². The first-order valence-electron chi connectivity index (χ1n) is 10.3. The molecule has 2 aromatic rings. The second kappa shape index (κ2) is 9.09. The molecule has 6 nitrogen and oxygen atoms in total. The molecule has 2 heterocycles. The van der Waals surface area contributed by atoms with Gasteiger partial charge in [0.1, 0.15) is 0 Å². The number of hydrogen-bond donors (Lipinski definition) is 3. The molecule has 2 aliphatic rings. The number of carbonyl (C=O) groups excluding carboxylic acids is 2. The zero-order valence-corrected chi connectivity index (χ0v) is 16.6. The Bertz CT molecular complexity index is 855. The molecule has 2 aliphatic heterocycles. The third kappa shape index (κ3) is 4.95. The van der Waals surface area contributed by atoms with Crippen molar-refractivity contribution in [2.75, 3.05) is 26.2 Å². The van der Waals surface area contributed by atoms with E-state index in [1.54, 1.807) is 0 Å². The largest absolute Gasteiger partial charge is 0.338 e. The molecule has 29 heavy (non-hydrogen) atoms. The lowest BCUT2D eigenvalue weighted by Gasteiger charge is -2.27. The summed E-state index contributed by atoms with van der Waals surface area (Å²) in [5.41, 5.74) is 3.74. The number of amides is 3. The van der Waals surface area contributed by atoms with Crippen molar-refractivity contribution in [2.45, 2.75) is 25.4 Å². The number of fused-ring (bicyclic) bond motifs is 1. The zero-order valence-electron chi connectivity index (χ0n) is 16.6. The molecule has 1 saturated heterocycles. The molecule has 0 spiro atoms. The summed E-state index contributed by atoms with van der Waals surface area (Å²) in [6.45, 7) is 3.30. The molecule has 152 valence electrons. The summed E-state index contributed by atoms with van der Waals surface area (Å²) in [6.07, 6.45) is 1.51. The van der Waals surface area contributed by atoms with E-state index in [0.717, 1.165) is 18.5 Å². The van der Waals surface area contributed by atoms with E-state index in [-0.39, 0.29) is 23.9 Å². The van der Waals surface area contributed by atoms with Gasteiger partial charge in [0.15, 0.2) is 0 Å². The minimum absolute atomic E-state index is 0.139. The third-order valence-electron chi connectivity index (χ3n) is 5.74. The zero-order chi connectivity index (χ0) is 20.1. The van der Waals surface area contributed by atoms with Gasteiger partial charge in [-0.25, -0.2) is 4.79 Å². The SMILES string of the molecule is O=C(NCC1CC(=O)N(Cc2ccccc2)C1)NCC1NCCc2ccccc21. The minimum atomic E-state index is -0.177. The van der Waals surface area contributed by atoms with E-state index in [9.17, 15) is 9.59 Å². The molecule has 2 aromatic carbocycles. The number of nitrogens with one attached hydrogen (secondary N) is 3. The lowest BCUT2D eigenvalue weighted by atomic mass is 9.94. The summed E-state index contributed by atoms with van der Waals surface area (Å²) in [5.74, 6) is 0.314. The Balaban J connectivity index is 1.21. The van der Waals surface area contributed by atoms with Crippen molar-refractivity contribution in [1.29, 1.82) is 0 Å². The van der Waals surface area contributed by atoms with E-state index in [0.29, 0.717) is 32.6 Å². The highest BCUT2D eigenvalue weighted by molar-refractivity contribution is 5.79. The number of rotatable bonds is 6. The molecule has 0 saturated carbocycles. The number of nitrogens with zero attached hydrogens (tertiary/aromatic N) is 1. The average Bonchev–Trinajstić information content (AvgIpc) is 3.10. The Hall–Kier alpha value is -2.86. The molecule has 3 amide bonds. The van der Waals surface area contributed by atoms with Gasteiger partial charge in [0.05, 0.1) is 0 Å². The molecule has 2 unspecified atom stereocenters. The van der Waals surface area contributed by atoms with Crippen LogP contribution in [0.15, 0.2) is 54.6 Å². The molecule has 1 fully saturated rings. The van der Waals surface area contributed by atoms with E-state index >= 15 is 0 Å². The maximum Gasteiger partial charge on any atom is 0.314 e. The summed E-state index contributed by atoms with van der Waals surface area (Å²) >= 11 is 0. The van der Waals surface area contributed by atoms with Gasteiger partial charge in [0.2, 0.25) is 5.91 Å². The van der Waals surface area contributed by atoms with E-state index < -0.39 is 0 Å². The van der Waals surface area contributed by atoms with Crippen LogP contribution in [0.3, 0.4) is 0 Å². The lowest BCUT2D eigenvalue weighted by Crippen LogP contribution is -2.44. The Labute approximate surface area is 171 Å². The monoisotopic (exact) mass is 392 g/mol. The van der Waals surface area contributed by atoms with Crippen LogP contribution in [0.5, 0.6) is 0 Å². The van der Waals surface area contributed by atoms with Gasteiger partial charge >= 0.3 is 6.03 Å². The van der Waals surface area contributed by atoms with Crippen LogP contribution in [0.4, 0.5) is 4.79 Å². The number of urea groups is 1. The maximum atomic E-state index is 12.3. The lowest BCUT2D eigenvalue weighted by molar-refractivity contribution is -0.128. The van der Waals surface area contributed by atoms with Crippen molar-refractivity contribution < 1.29 is 9.59 Å².